The zero-order valence-corrected chi connectivity index (χ0v) is 18.2. The summed E-state index contributed by atoms with van der Waals surface area (Å²) in [5.41, 5.74) is 3.34. The summed E-state index contributed by atoms with van der Waals surface area (Å²) in [4.78, 5) is 17.8. The zero-order valence-electron chi connectivity index (χ0n) is 16.6. The monoisotopic (exact) mass is 435 g/mol. The second-order valence-corrected chi connectivity index (χ2v) is 9.40. The highest BCUT2D eigenvalue weighted by molar-refractivity contribution is 7.10. The number of nitrogens with zero attached hydrogens (tertiary/aromatic N) is 3. The largest absolute Gasteiger partial charge is 0.421 e. The lowest BCUT2D eigenvalue weighted by atomic mass is 9.98. The normalized spacial score (nSPS) is 15.9. The molecule has 0 unspecified atom stereocenters. The number of amides is 1. The van der Waals surface area contributed by atoms with Crippen LogP contribution in [0.15, 0.2) is 57.6 Å². The van der Waals surface area contributed by atoms with Gasteiger partial charge in [0.25, 0.3) is 0 Å². The van der Waals surface area contributed by atoms with Crippen LogP contribution in [-0.4, -0.2) is 27.5 Å². The number of fused-ring (bicyclic) bond motifs is 1. The molecule has 30 heavy (non-hydrogen) atoms. The van der Waals surface area contributed by atoms with Gasteiger partial charge >= 0.3 is 0 Å². The van der Waals surface area contributed by atoms with Crippen molar-refractivity contribution in [3.8, 4) is 11.5 Å². The number of aryl methyl sites for hydroxylation is 2. The third-order valence-corrected chi connectivity index (χ3v) is 7.34. The van der Waals surface area contributed by atoms with Crippen LogP contribution in [0.3, 0.4) is 0 Å². The Labute approximate surface area is 183 Å². The fourth-order valence-electron chi connectivity index (χ4n) is 3.86. The first-order valence-electron chi connectivity index (χ1n) is 9.97. The standard InChI is InChI=1S/C23H21N3O2S2/c1-15-4-6-16(7-5-15)23-25-24-20(28-23)8-9-21(27)26-12-10-18-17(11-14-30-18)22(26)19-3-2-13-29-19/h2-7,11,13-14,22H,8-10,12H2,1H3/t22-/m1/s1. The summed E-state index contributed by atoms with van der Waals surface area (Å²) in [6, 6.07) is 14.3. The van der Waals surface area contributed by atoms with Crippen LogP contribution in [0.2, 0.25) is 0 Å². The maximum Gasteiger partial charge on any atom is 0.247 e. The second-order valence-electron chi connectivity index (χ2n) is 7.42. The van der Waals surface area contributed by atoms with Gasteiger partial charge in [-0.2, -0.15) is 0 Å². The molecule has 0 fully saturated rings. The Kier molecular flexibility index (Phi) is 5.23. The van der Waals surface area contributed by atoms with Gasteiger partial charge in [0, 0.05) is 34.7 Å². The molecule has 1 aromatic carbocycles. The fraction of sp³-hybridized carbons (Fsp3) is 0.261. The molecule has 0 spiro atoms. The lowest BCUT2D eigenvalue weighted by Gasteiger charge is -2.35. The summed E-state index contributed by atoms with van der Waals surface area (Å²) in [7, 11) is 0. The maximum absolute atomic E-state index is 13.2. The van der Waals surface area contributed by atoms with Crippen molar-refractivity contribution in [3.63, 3.8) is 0 Å². The van der Waals surface area contributed by atoms with Crippen molar-refractivity contribution >= 4 is 28.6 Å². The highest BCUT2D eigenvalue weighted by Gasteiger charge is 2.33. The van der Waals surface area contributed by atoms with Crippen LogP contribution in [-0.2, 0) is 17.6 Å². The van der Waals surface area contributed by atoms with E-state index in [1.807, 2.05) is 42.2 Å². The number of thiophene rings is 2. The average Bonchev–Trinajstić information content (AvgIpc) is 3.53. The molecule has 5 rings (SSSR count). The van der Waals surface area contributed by atoms with E-state index >= 15 is 0 Å². The van der Waals surface area contributed by atoms with E-state index in [0.717, 1.165) is 18.5 Å². The van der Waals surface area contributed by atoms with Gasteiger partial charge in [0.05, 0.1) is 6.04 Å². The fourth-order valence-corrected chi connectivity index (χ4v) is 5.62. The van der Waals surface area contributed by atoms with Gasteiger partial charge in [-0.1, -0.05) is 23.8 Å². The Morgan fingerprint density at radius 1 is 1.13 bits per heavy atom. The minimum atomic E-state index is 0.0123. The van der Waals surface area contributed by atoms with Crippen LogP contribution < -0.4 is 0 Å². The summed E-state index contributed by atoms with van der Waals surface area (Å²) in [6.45, 7) is 2.78. The Balaban J connectivity index is 1.30. The minimum Gasteiger partial charge on any atom is -0.421 e. The minimum absolute atomic E-state index is 0.0123. The third kappa shape index (κ3) is 3.70. The number of benzene rings is 1. The van der Waals surface area contributed by atoms with E-state index in [4.69, 9.17) is 4.42 Å². The van der Waals surface area contributed by atoms with Crippen LogP contribution in [0.5, 0.6) is 0 Å². The molecule has 1 atom stereocenters. The predicted molar refractivity (Wildman–Crippen MR) is 119 cm³/mol. The Morgan fingerprint density at radius 3 is 2.80 bits per heavy atom. The summed E-state index contributed by atoms with van der Waals surface area (Å²) in [5.74, 6) is 1.12. The molecule has 7 heteroatoms. The summed E-state index contributed by atoms with van der Waals surface area (Å²) < 4.78 is 5.80. The molecule has 0 N–H and O–H groups in total. The number of rotatable bonds is 5. The lowest BCUT2D eigenvalue weighted by Crippen LogP contribution is -2.39. The van der Waals surface area contributed by atoms with E-state index in [1.54, 1.807) is 22.7 Å². The lowest BCUT2D eigenvalue weighted by molar-refractivity contribution is -0.133. The SMILES string of the molecule is Cc1ccc(-c2nnc(CCC(=O)N3CCc4sccc4[C@@H]3c3cccs3)o2)cc1. The molecule has 4 heterocycles. The smallest absolute Gasteiger partial charge is 0.247 e. The van der Waals surface area contributed by atoms with E-state index in [-0.39, 0.29) is 11.9 Å². The molecular formula is C23H21N3O2S2. The molecule has 0 radical (unpaired) electrons. The second kappa shape index (κ2) is 8.16. The van der Waals surface area contributed by atoms with E-state index in [9.17, 15) is 4.79 Å². The number of aromatic nitrogens is 2. The van der Waals surface area contributed by atoms with Crippen molar-refractivity contribution < 1.29 is 9.21 Å². The van der Waals surface area contributed by atoms with Crippen LogP contribution in [0.4, 0.5) is 0 Å². The van der Waals surface area contributed by atoms with Gasteiger partial charge in [0.1, 0.15) is 0 Å². The predicted octanol–water partition coefficient (Wildman–Crippen LogP) is 5.27. The molecule has 0 saturated heterocycles. The van der Waals surface area contributed by atoms with Crippen molar-refractivity contribution in [1.82, 2.24) is 15.1 Å². The van der Waals surface area contributed by atoms with Gasteiger partial charge in [-0.05, 0) is 53.9 Å². The molecule has 1 aliphatic rings. The van der Waals surface area contributed by atoms with Crippen molar-refractivity contribution in [2.45, 2.75) is 32.2 Å². The molecule has 4 aromatic rings. The molecule has 1 aliphatic heterocycles. The molecule has 0 bridgehead atoms. The highest BCUT2D eigenvalue weighted by Crippen LogP contribution is 2.39. The molecule has 0 saturated carbocycles. The van der Waals surface area contributed by atoms with Crippen LogP contribution >= 0.6 is 22.7 Å². The van der Waals surface area contributed by atoms with E-state index in [2.05, 4.69) is 33.1 Å². The van der Waals surface area contributed by atoms with Crippen molar-refractivity contribution in [3.05, 3.63) is 80.0 Å². The number of carbonyl (C=O) groups excluding carboxylic acids is 1. The van der Waals surface area contributed by atoms with E-state index in [0.29, 0.717) is 24.6 Å². The Morgan fingerprint density at radius 2 is 2.00 bits per heavy atom. The summed E-state index contributed by atoms with van der Waals surface area (Å²) in [5, 5.41) is 12.5. The topological polar surface area (TPSA) is 59.2 Å². The molecule has 1 amide bonds. The maximum atomic E-state index is 13.2. The molecular weight excluding hydrogens is 414 g/mol. The van der Waals surface area contributed by atoms with Gasteiger partial charge < -0.3 is 9.32 Å². The quantitative estimate of drug-likeness (QED) is 0.428. The van der Waals surface area contributed by atoms with Gasteiger partial charge in [0.15, 0.2) is 0 Å². The van der Waals surface area contributed by atoms with Gasteiger partial charge in [-0.3, -0.25) is 4.79 Å². The number of hydrogen-bond donors (Lipinski definition) is 0. The van der Waals surface area contributed by atoms with Crippen LogP contribution in [0, 0.1) is 6.92 Å². The molecule has 5 nitrogen and oxygen atoms in total. The van der Waals surface area contributed by atoms with Crippen LogP contribution in [0.1, 0.15) is 39.2 Å². The van der Waals surface area contributed by atoms with Gasteiger partial charge in [-0.15, -0.1) is 32.9 Å². The molecule has 3 aromatic heterocycles. The molecule has 152 valence electrons. The van der Waals surface area contributed by atoms with Crippen molar-refractivity contribution in [1.29, 1.82) is 0 Å². The summed E-state index contributed by atoms with van der Waals surface area (Å²) >= 11 is 3.49. The average molecular weight is 436 g/mol. The first-order chi connectivity index (χ1) is 14.7. The Bertz CT molecular complexity index is 1150. The van der Waals surface area contributed by atoms with Gasteiger partial charge in [0.2, 0.25) is 17.7 Å². The zero-order chi connectivity index (χ0) is 20.5. The van der Waals surface area contributed by atoms with Crippen molar-refractivity contribution in [2.24, 2.45) is 0 Å². The van der Waals surface area contributed by atoms with Crippen molar-refractivity contribution in [2.75, 3.05) is 6.54 Å². The first kappa shape index (κ1) is 19.2. The van der Waals surface area contributed by atoms with E-state index < -0.39 is 0 Å². The van der Waals surface area contributed by atoms with E-state index in [1.165, 1.54) is 20.9 Å². The number of carbonyl (C=O) groups is 1. The van der Waals surface area contributed by atoms with Gasteiger partial charge in [-0.25, -0.2) is 0 Å². The highest BCUT2D eigenvalue weighted by atomic mass is 32.1. The summed E-state index contributed by atoms with van der Waals surface area (Å²) in [6.07, 6.45) is 1.72. The Hall–Kier alpha value is -2.77. The first-order valence-corrected chi connectivity index (χ1v) is 11.7. The van der Waals surface area contributed by atoms with Crippen LogP contribution in [0.25, 0.3) is 11.5 Å². The molecule has 0 aliphatic carbocycles. The third-order valence-electron chi connectivity index (χ3n) is 5.42. The number of hydrogen-bond acceptors (Lipinski definition) is 6.